The fourth-order valence-corrected chi connectivity index (χ4v) is 4.82. The molecule has 9 heteroatoms. The molecule has 7 nitrogen and oxygen atoms in total. The van der Waals surface area contributed by atoms with Crippen molar-refractivity contribution < 1.29 is 9.21 Å². The molecule has 0 saturated heterocycles. The molecule has 5 rings (SSSR count). The van der Waals surface area contributed by atoms with Crippen molar-refractivity contribution >= 4 is 39.9 Å². The second kappa shape index (κ2) is 9.29. The van der Waals surface area contributed by atoms with Crippen molar-refractivity contribution in [3.8, 4) is 11.6 Å². The molecular weight excluding hydrogens is 442 g/mol. The van der Waals surface area contributed by atoms with Gasteiger partial charge in [0.2, 0.25) is 5.01 Å². The van der Waals surface area contributed by atoms with Crippen molar-refractivity contribution in [2.24, 2.45) is 0 Å². The van der Waals surface area contributed by atoms with Gasteiger partial charge in [-0.15, -0.1) is 10.2 Å². The van der Waals surface area contributed by atoms with Crippen molar-refractivity contribution in [3.63, 3.8) is 0 Å². The number of hydrogen-bond donors (Lipinski definition) is 1. The minimum Gasteiger partial charge on any atom is -0.461 e. The summed E-state index contributed by atoms with van der Waals surface area (Å²) in [4.78, 5) is 21.7. The van der Waals surface area contributed by atoms with Crippen LogP contribution in [0.1, 0.15) is 20.4 Å². The van der Waals surface area contributed by atoms with Gasteiger partial charge in [-0.05, 0) is 23.8 Å². The summed E-state index contributed by atoms with van der Waals surface area (Å²) in [5, 5.41) is 14.0. The minimum absolute atomic E-state index is 0.227. The first kappa shape index (κ1) is 20.3. The van der Waals surface area contributed by atoms with Gasteiger partial charge in [-0.1, -0.05) is 71.6 Å². The number of carbonyl (C=O) groups excluding carboxylic acids is 1. The minimum atomic E-state index is -0.227. The summed E-state index contributed by atoms with van der Waals surface area (Å²) in [5.74, 6) is 1.47. The van der Waals surface area contributed by atoms with E-state index in [2.05, 4.69) is 20.5 Å². The van der Waals surface area contributed by atoms with E-state index in [-0.39, 0.29) is 5.91 Å². The summed E-state index contributed by atoms with van der Waals surface area (Å²) in [6, 6.07) is 21.3. The lowest BCUT2D eigenvalue weighted by Crippen LogP contribution is -2.22. The molecule has 1 amide bonds. The maximum atomic E-state index is 12.4. The number of nitrogens with one attached hydrogen (secondary N) is 1. The molecule has 0 aliphatic carbocycles. The lowest BCUT2D eigenvalue weighted by Gasteiger charge is -2.06. The monoisotopic (exact) mass is 459 g/mol. The van der Waals surface area contributed by atoms with E-state index < -0.39 is 0 Å². The third-order valence-electron chi connectivity index (χ3n) is 4.60. The average molecular weight is 460 g/mol. The molecule has 0 spiro atoms. The highest BCUT2D eigenvalue weighted by atomic mass is 32.2. The number of nitrogens with zero attached hydrogens (tertiary/aromatic N) is 4. The van der Waals surface area contributed by atoms with Crippen molar-refractivity contribution in [2.45, 2.75) is 17.3 Å². The van der Waals surface area contributed by atoms with Crippen LogP contribution in [0, 0.1) is 0 Å². The van der Waals surface area contributed by atoms with Gasteiger partial charge in [0.05, 0.1) is 17.5 Å². The van der Waals surface area contributed by atoms with Gasteiger partial charge in [-0.25, -0.2) is 9.97 Å². The third-order valence-corrected chi connectivity index (χ3v) is 6.71. The zero-order valence-electron chi connectivity index (χ0n) is 16.8. The highest BCUT2D eigenvalue weighted by molar-refractivity contribution is 7.98. The van der Waals surface area contributed by atoms with Crippen molar-refractivity contribution in [2.75, 3.05) is 0 Å². The standard InChI is InChI=1S/C23H17N5O2S2/c29-21(24-13-15-7-2-1-3-8-15)23-28-27-19(32-23)14-31-22-16-9-4-5-10-17(16)25-20(26-22)18-11-6-12-30-18/h1-12H,13-14H2,(H,24,29). The van der Waals surface area contributed by atoms with E-state index in [4.69, 9.17) is 9.40 Å². The van der Waals surface area contributed by atoms with Crippen LogP contribution < -0.4 is 5.32 Å². The predicted octanol–water partition coefficient (Wildman–Crippen LogP) is 4.96. The number of carbonyl (C=O) groups is 1. The molecule has 158 valence electrons. The van der Waals surface area contributed by atoms with Gasteiger partial charge >= 0.3 is 0 Å². The SMILES string of the molecule is O=C(NCc1ccccc1)c1nnc(CSc2nc(-c3ccco3)nc3ccccc23)s1. The molecule has 0 saturated carbocycles. The fourth-order valence-electron chi connectivity index (χ4n) is 3.06. The van der Waals surface area contributed by atoms with Gasteiger partial charge in [-0.2, -0.15) is 0 Å². The number of rotatable bonds is 7. The van der Waals surface area contributed by atoms with Gasteiger partial charge < -0.3 is 9.73 Å². The maximum Gasteiger partial charge on any atom is 0.282 e. The Balaban J connectivity index is 1.30. The Morgan fingerprint density at radius 1 is 0.969 bits per heavy atom. The first-order valence-corrected chi connectivity index (χ1v) is 11.6. The molecule has 2 aromatic carbocycles. The molecule has 5 aromatic rings. The molecule has 0 bridgehead atoms. The van der Waals surface area contributed by atoms with E-state index in [0.717, 1.165) is 26.5 Å². The summed E-state index contributed by atoms with van der Waals surface area (Å²) < 4.78 is 5.47. The van der Waals surface area contributed by atoms with E-state index >= 15 is 0 Å². The van der Waals surface area contributed by atoms with Crippen LogP contribution in [0.3, 0.4) is 0 Å². The van der Waals surface area contributed by atoms with Crippen LogP contribution in [0.25, 0.3) is 22.5 Å². The van der Waals surface area contributed by atoms with E-state index in [0.29, 0.717) is 28.9 Å². The molecule has 0 atom stereocenters. The van der Waals surface area contributed by atoms with Gasteiger partial charge in [0.25, 0.3) is 5.91 Å². The number of furan rings is 1. The normalized spacial score (nSPS) is 11.0. The smallest absolute Gasteiger partial charge is 0.282 e. The zero-order chi connectivity index (χ0) is 21.8. The highest BCUT2D eigenvalue weighted by Crippen LogP contribution is 2.31. The van der Waals surface area contributed by atoms with Gasteiger partial charge in [0, 0.05) is 11.9 Å². The highest BCUT2D eigenvalue weighted by Gasteiger charge is 2.15. The summed E-state index contributed by atoms with van der Waals surface area (Å²) in [7, 11) is 0. The average Bonchev–Trinajstić information content (AvgIpc) is 3.54. The second-order valence-corrected chi connectivity index (χ2v) is 8.83. The van der Waals surface area contributed by atoms with Crippen LogP contribution in [-0.2, 0) is 12.3 Å². The van der Waals surface area contributed by atoms with Crippen LogP contribution >= 0.6 is 23.1 Å². The van der Waals surface area contributed by atoms with Gasteiger partial charge in [0.15, 0.2) is 11.6 Å². The second-order valence-electron chi connectivity index (χ2n) is 6.80. The molecule has 0 fully saturated rings. The molecule has 0 unspecified atom stereocenters. The van der Waals surface area contributed by atoms with E-state index in [1.54, 1.807) is 6.26 Å². The van der Waals surface area contributed by atoms with Crippen molar-refractivity contribution in [1.29, 1.82) is 0 Å². The van der Waals surface area contributed by atoms with E-state index in [1.165, 1.54) is 23.1 Å². The number of benzene rings is 2. The molecular formula is C23H17N5O2S2. The number of para-hydroxylation sites is 1. The molecule has 0 aliphatic heterocycles. The van der Waals surface area contributed by atoms with Crippen LogP contribution in [0.5, 0.6) is 0 Å². The summed E-state index contributed by atoms with van der Waals surface area (Å²) in [6.45, 7) is 0.450. The largest absolute Gasteiger partial charge is 0.461 e. The Kier molecular flexibility index (Phi) is 5.91. The van der Waals surface area contributed by atoms with Gasteiger partial charge in [-0.3, -0.25) is 4.79 Å². The van der Waals surface area contributed by atoms with Crippen molar-refractivity contribution in [3.05, 3.63) is 88.6 Å². The molecule has 1 N–H and O–H groups in total. The van der Waals surface area contributed by atoms with Crippen LogP contribution in [0.2, 0.25) is 0 Å². The van der Waals surface area contributed by atoms with Crippen LogP contribution in [0.4, 0.5) is 0 Å². The summed E-state index contributed by atoms with van der Waals surface area (Å²) in [6.07, 6.45) is 1.60. The summed E-state index contributed by atoms with van der Waals surface area (Å²) in [5.41, 5.74) is 1.87. The quantitative estimate of drug-likeness (QED) is 0.271. The first-order valence-electron chi connectivity index (χ1n) is 9.84. The van der Waals surface area contributed by atoms with Crippen LogP contribution in [0.15, 0.2) is 82.4 Å². The number of fused-ring (bicyclic) bond motifs is 1. The number of amides is 1. The maximum absolute atomic E-state index is 12.4. The summed E-state index contributed by atoms with van der Waals surface area (Å²) >= 11 is 2.82. The van der Waals surface area contributed by atoms with Crippen molar-refractivity contribution in [1.82, 2.24) is 25.5 Å². The lowest BCUT2D eigenvalue weighted by atomic mass is 10.2. The topological polar surface area (TPSA) is 93.8 Å². The van der Waals surface area contributed by atoms with Gasteiger partial charge in [0.1, 0.15) is 10.0 Å². The zero-order valence-corrected chi connectivity index (χ0v) is 18.4. The number of thioether (sulfide) groups is 1. The molecule has 3 aromatic heterocycles. The fraction of sp³-hybridized carbons (Fsp3) is 0.0870. The number of hydrogen-bond acceptors (Lipinski definition) is 8. The molecule has 32 heavy (non-hydrogen) atoms. The first-order chi connectivity index (χ1) is 15.8. The molecule has 0 radical (unpaired) electrons. The van der Waals surface area contributed by atoms with E-state index in [1.807, 2.05) is 66.7 Å². The lowest BCUT2D eigenvalue weighted by molar-refractivity contribution is 0.0950. The Bertz CT molecular complexity index is 1350. The number of aromatic nitrogens is 4. The van der Waals surface area contributed by atoms with Crippen LogP contribution in [-0.4, -0.2) is 26.1 Å². The van der Waals surface area contributed by atoms with E-state index in [9.17, 15) is 4.79 Å². The molecule has 3 heterocycles. The predicted molar refractivity (Wildman–Crippen MR) is 124 cm³/mol. The molecule has 0 aliphatic rings. The Labute approximate surface area is 191 Å². The Hall–Kier alpha value is -3.56. The Morgan fingerprint density at radius 3 is 2.66 bits per heavy atom. The Morgan fingerprint density at radius 2 is 1.81 bits per heavy atom. The third kappa shape index (κ3) is 4.53.